The Labute approximate surface area is 119 Å². The molecular weight excluding hydrogens is 252 g/mol. The first kappa shape index (κ1) is 13.5. The zero-order valence-corrected chi connectivity index (χ0v) is 12.4. The Bertz CT molecular complexity index is 523. The number of nitrogens with one attached hydrogen (secondary N) is 1. The molecule has 0 aliphatic carbocycles. The van der Waals surface area contributed by atoms with Crippen LogP contribution in [-0.4, -0.2) is 38.9 Å². The fraction of sp³-hybridized carbons (Fsp3) is 0.667. The minimum Gasteiger partial charge on any atom is -0.350 e. The highest BCUT2D eigenvalue weighted by molar-refractivity contribution is 5.79. The Morgan fingerprint density at radius 3 is 3.00 bits per heavy atom. The van der Waals surface area contributed by atoms with Gasteiger partial charge in [0.25, 0.3) is 0 Å². The van der Waals surface area contributed by atoms with Crippen molar-refractivity contribution in [1.82, 2.24) is 20.2 Å². The molecule has 1 aromatic rings. The summed E-state index contributed by atoms with van der Waals surface area (Å²) in [4.78, 5) is 23.0. The molecule has 2 bridgehead atoms. The predicted octanol–water partition coefficient (Wildman–Crippen LogP) is 1.45. The zero-order valence-electron chi connectivity index (χ0n) is 12.4. The van der Waals surface area contributed by atoms with E-state index in [1.54, 1.807) is 6.33 Å². The molecule has 20 heavy (non-hydrogen) atoms. The molecule has 0 aromatic carbocycles. The minimum absolute atomic E-state index is 0.106. The smallest absolute Gasteiger partial charge is 0.234 e. The third-order valence-electron chi connectivity index (χ3n) is 4.10. The Morgan fingerprint density at radius 2 is 2.25 bits per heavy atom. The Balaban J connectivity index is 1.75. The molecule has 0 radical (unpaired) electrons. The maximum atomic E-state index is 12.2. The van der Waals surface area contributed by atoms with Crippen LogP contribution in [-0.2, 0) is 11.2 Å². The van der Waals surface area contributed by atoms with Crippen molar-refractivity contribution < 1.29 is 4.79 Å². The number of nitrogens with zero attached hydrogens (tertiary/aromatic N) is 3. The minimum atomic E-state index is -0.174. The van der Waals surface area contributed by atoms with Crippen LogP contribution in [0.1, 0.15) is 50.9 Å². The summed E-state index contributed by atoms with van der Waals surface area (Å²) in [5.41, 5.74) is 2.21. The number of aromatic nitrogens is 2. The van der Waals surface area contributed by atoms with Gasteiger partial charge in [-0.3, -0.25) is 9.69 Å². The van der Waals surface area contributed by atoms with Gasteiger partial charge in [-0.25, -0.2) is 9.97 Å². The van der Waals surface area contributed by atoms with Crippen LogP contribution in [0.2, 0.25) is 0 Å². The first-order valence-electron chi connectivity index (χ1n) is 7.29. The van der Waals surface area contributed by atoms with E-state index < -0.39 is 0 Å². The molecule has 108 valence electrons. The molecule has 3 heterocycles. The molecule has 3 rings (SSSR count). The van der Waals surface area contributed by atoms with Crippen LogP contribution in [0.15, 0.2) is 12.5 Å². The normalized spacial score (nSPS) is 25.4. The van der Waals surface area contributed by atoms with E-state index >= 15 is 0 Å². The maximum absolute atomic E-state index is 12.2. The lowest BCUT2D eigenvalue weighted by atomic mass is 9.99. The first-order chi connectivity index (χ1) is 9.44. The lowest BCUT2D eigenvalue weighted by molar-refractivity contribution is -0.124. The van der Waals surface area contributed by atoms with E-state index in [1.807, 2.05) is 27.0 Å². The van der Waals surface area contributed by atoms with Crippen molar-refractivity contribution in [2.45, 2.75) is 57.7 Å². The second kappa shape index (κ2) is 4.81. The van der Waals surface area contributed by atoms with E-state index in [1.165, 1.54) is 11.3 Å². The summed E-state index contributed by atoms with van der Waals surface area (Å²) in [5.74, 6) is 0.106. The van der Waals surface area contributed by atoms with Crippen molar-refractivity contribution in [3.63, 3.8) is 0 Å². The largest absolute Gasteiger partial charge is 0.350 e. The van der Waals surface area contributed by atoms with Crippen molar-refractivity contribution in [2.75, 3.05) is 6.54 Å². The molecule has 1 amide bonds. The Hall–Kier alpha value is -1.49. The molecule has 1 fully saturated rings. The third-order valence-corrected chi connectivity index (χ3v) is 4.10. The molecule has 5 heteroatoms. The summed E-state index contributed by atoms with van der Waals surface area (Å²) in [6.45, 7) is 6.51. The van der Waals surface area contributed by atoms with Crippen molar-refractivity contribution in [2.24, 2.45) is 0 Å². The average Bonchev–Trinajstić information content (AvgIpc) is 2.62. The Kier molecular flexibility index (Phi) is 3.24. The predicted molar refractivity (Wildman–Crippen MR) is 76.1 cm³/mol. The quantitative estimate of drug-likeness (QED) is 0.887. The molecule has 2 unspecified atom stereocenters. The first-order valence-corrected chi connectivity index (χ1v) is 7.29. The summed E-state index contributed by atoms with van der Waals surface area (Å²) >= 11 is 0. The SMILES string of the molecule is CC(C)(C)NC(=O)CN1C2CCC1c1cncnc1C2. The van der Waals surface area contributed by atoms with Crippen molar-refractivity contribution >= 4 is 5.91 Å². The van der Waals surface area contributed by atoms with E-state index in [2.05, 4.69) is 20.2 Å². The van der Waals surface area contributed by atoms with Gasteiger partial charge in [-0.1, -0.05) is 0 Å². The summed E-state index contributed by atoms with van der Waals surface area (Å²) in [6.07, 6.45) is 6.73. The summed E-state index contributed by atoms with van der Waals surface area (Å²) in [7, 11) is 0. The van der Waals surface area contributed by atoms with Crippen LogP contribution in [0.4, 0.5) is 0 Å². The van der Waals surface area contributed by atoms with Crippen molar-refractivity contribution in [3.05, 3.63) is 23.8 Å². The average molecular weight is 274 g/mol. The van der Waals surface area contributed by atoms with Crippen molar-refractivity contribution in [3.8, 4) is 0 Å². The topological polar surface area (TPSA) is 58.1 Å². The van der Waals surface area contributed by atoms with Gasteiger partial charge in [0.15, 0.2) is 0 Å². The van der Waals surface area contributed by atoms with E-state index in [0.717, 1.165) is 19.3 Å². The fourth-order valence-electron chi connectivity index (χ4n) is 3.39. The second-order valence-corrected chi connectivity index (χ2v) is 6.85. The molecule has 1 aromatic heterocycles. The number of hydrogen-bond donors (Lipinski definition) is 1. The van der Waals surface area contributed by atoms with Crippen molar-refractivity contribution in [1.29, 1.82) is 0 Å². The van der Waals surface area contributed by atoms with Crippen LogP contribution in [0.3, 0.4) is 0 Å². The molecule has 2 aliphatic rings. The molecule has 0 spiro atoms. The zero-order chi connectivity index (χ0) is 14.3. The number of amides is 1. The fourth-order valence-corrected chi connectivity index (χ4v) is 3.39. The van der Waals surface area contributed by atoms with Gasteiger partial charge < -0.3 is 5.32 Å². The number of rotatable bonds is 2. The van der Waals surface area contributed by atoms with Crippen LogP contribution in [0.25, 0.3) is 0 Å². The van der Waals surface area contributed by atoms with Gasteiger partial charge in [0, 0.05) is 35.8 Å². The van der Waals surface area contributed by atoms with E-state index in [9.17, 15) is 4.79 Å². The van der Waals surface area contributed by atoms with Gasteiger partial charge in [-0.15, -0.1) is 0 Å². The maximum Gasteiger partial charge on any atom is 0.234 e. The molecule has 2 aliphatic heterocycles. The number of carbonyl (C=O) groups is 1. The lowest BCUT2D eigenvalue weighted by Crippen LogP contribution is -2.49. The summed E-state index contributed by atoms with van der Waals surface area (Å²) in [5, 5.41) is 3.05. The van der Waals surface area contributed by atoms with Gasteiger partial charge in [0.1, 0.15) is 6.33 Å². The number of fused-ring (bicyclic) bond motifs is 4. The summed E-state index contributed by atoms with van der Waals surface area (Å²) in [6, 6.07) is 0.767. The highest BCUT2D eigenvalue weighted by Gasteiger charge is 2.41. The standard InChI is InChI=1S/C15H22N4O/c1-15(2,3)18-14(20)8-19-10-4-5-13(19)11-7-16-9-17-12(11)6-10/h7,9-10,13H,4-6,8H2,1-3H3,(H,18,20). The van der Waals surface area contributed by atoms with Crippen LogP contribution >= 0.6 is 0 Å². The molecular formula is C15H22N4O. The van der Waals surface area contributed by atoms with E-state index in [-0.39, 0.29) is 11.4 Å². The molecule has 0 saturated carbocycles. The molecule has 1 saturated heterocycles. The molecule has 1 N–H and O–H groups in total. The highest BCUT2D eigenvalue weighted by Crippen LogP contribution is 2.42. The van der Waals surface area contributed by atoms with E-state index in [4.69, 9.17) is 0 Å². The van der Waals surface area contributed by atoms with Gasteiger partial charge in [0.05, 0.1) is 12.2 Å². The van der Waals surface area contributed by atoms with Gasteiger partial charge >= 0.3 is 0 Å². The second-order valence-electron chi connectivity index (χ2n) is 6.85. The summed E-state index contributed by atoms with van der Waals surface area (Å²) < 4.78 is 0. The van der Waals surface area contributed by atoms with Crippen LogP contribution in [0, 0.1) is 0 Å². The van der Waals surface area contributed by atoms with Crippen LogP contribution < -0.4 is 5.32 Å². The number of carbonyl (C=O) groups excluding carboxylic acids is 1. The van der Waals surface area contributed by atoms with Gasteiger partial charge in [0.2, 0.25) is 5.91 Å². The molecule has 2 atom stereocenters. The lowest BCUT2D eigenvalue weighted by Gasteiger charge is -2.35. The third kappa shape index (κ3) is 2.54. The van der Waals surface area contributed by atoms with Crippen LogP contribution in [0.5, 0.6) is 0 Å². The molecule has 5 nitrogen and oxygen atoms in total. The van der Waals surface area contributed by atoms with E-state index in [0.29, 0.717) is 18.6 Å². The van der Waals surface area contributed by atoms with Gasteiger partial charge in [-0.05, 0) is 33.6 Å². The number of hydrogen-bond acceptors (Lipinski definition) is 4. The highest BCUT2D eigenvalue weighted by atomic mass is 16.2. The monoisotopic (exact) mass is 274 g/mol. The Morgan fingerprint density at radius 1 is 1.45 bits per heavy atom. The van der Waals surface area contributed by atoms with Gasteiger partial charge in [-0.2, -0.15) is 0 Å².